The highest BCUT2D eigenvalue weighted by atomic mass is 16.5. The number of Topliss-reactive ketones (excluding diaryl/α,β-unsaturated/α-hetero) is 1. The summed E-state index contributed by atoms with van der Waals surface area (Å²) in [6.45, 7) is 5.81. The zero-order valence-electron chi connectivity index (χ0n) is 13.9. The smallest absolute Gasteiger partial charge is 0.342 e. The van der Waals surface area contributed by atoms with Crippen LogP contribution in [-0.2, 0) is 10.2 Å². The third-order valence-electron chi connectivity index (χ3n) is 3.61. The van der Waals surface area contributed by atoms with Crippen LogP contribution in [0.5, 0.6) is 11.5 Å². The van der Waals surface area contributed by atoms with Crippen LogP contribution < -0.4 is 0 Å². The fraction of sp³-hybridized carbons (Fsp3) is 0.263. The fourth-order valence-corrected chi connectivity index (χ4v) is 2.14. The summed E-state index contributed by atoms with van der Waals surface area (Å²) in [4.78, 5) is 24.0. The zero-order chi connectivity index (χ0) is 17.9. The van der Waals surface area contributed by atoms with Gasteiger partial charge in [-0.05, 0) is 23.1 Å². The second-order valence-corrected chi connectivity index (χ2v) is 6.53. The molecule has 0 aliphatic rings. The molecular weight excluding hydrogens is 308 g/mol. The van der Waals surface area contributed by atoms with Gasteiger partial charge in [0.05, 0.1) is 0 Å². The van der Waals surface area contributed by atoms with Crippen LogP contribution in [0.4, 0.5) is 0 Å². The van der Waals surface area contributed by atoms with E-state index < -0.39 is 18.3 Å². The van der Waals surface area contributed by atoms with E-state index in [0.717, 1.165) is 11.6 Å². The molecule has 2 N–H and O–H groups in total. The fourth-order valence-electron chi connectivity index (χ4n) is 2.14. The second kappa shape index (κ2) is 6.74. The van der Waals surface area contributed by atoms with Gasteiger partial charge >= 0.3 is 5.97 Å². The number of carbonyl (C=O) groups is 2. The quantitative estimate of drug-likeness (QED) is 0.663. The number of hydrogen-bond donors (Lipinski definition) is 2. The van der Waals surface area contributed by atoms with E-state index in [-0.39, 0.29) is 22.5 Å². The van der Waals surface area contributed by atoms with E-state index in [1.807, 2.05) is 12.1 Å². The molecule has 0 saturated heterocycles. The van der Waals surface area contributed by atoms with E-state index in [9.17, 15) is 19.8 Å². The minimum atomic E-state index is -0.827. The Hall–Kier alpha value is -2.82. The van der Waals surface area contributed by atoms with Crippen LogP contribution in [0.1, 0.15) is 47.1 Å². The average Bonchev–Trinajstić information content (AvgIpc) is 2.51. The Labute approximate surface area is 140 Å². The normalized spacial score (nSPS) is 11.1. The number of esters is 1. The van der Waals surface area contributed by atoms with Gasteiger partial charge in [0, 0.05) is 11.6 Å². The first-order valence-electron chi connectivity index (χ1n) is 7.51. The Morgan fingerprint density at radius 3 is 2.17 bits per heavy atom. The largest absolute Gasteiger partial charge is 0.508 e. The van der Waals surface area contributed by atoms with Crippen molar-refractivity contribution in [3.63, 3.8) is 0 Å². The number of benzene rings is 2. The molecule has 2 rings (SSSR count). The SMILES string of the molecule is CC(C)(C)c1ccc(C(=O)COC(=O)c2ccc(O)cc2O)cc1. The minimum absolute atomic E-state index is 0.00948. The van der Waals surface area contributed by atoms with Gasteiger partial charge in [0.25, 0.3) is 0 Å². The first-order valence-corrected chi connectivity index (χ1v) is 7.51. The van der Waals surface area contributed by atoms with E-state index in [2.05, 4.69) is 20.8 Å². The molecule has 0 saturated carbocycles. The van der Waals surface area contributed by atoms with Gasteiger partial charge in [0.15, 0.2) is 12.4 Å². The van der Waals surface area contributed by atoms with Crippen molar-refractivity contribution in [2.75, 3.05) is 6.61 Å². The van der Waals surface area contributed by atoms with E-state index in [1.54, 1.807) is 12.1 Å². The number of phenolic OH excluding ortho intramolecular Hbond substituents is 2. The number of carbonyl (C=O) groups excluding carboxylic acids is 2. The standard InChI is InChI=1S/C19H20O5/c1-19(2,3)13-6-4-12(5-7-13)17(22)11-24-18(23)15-9-8-14(20)10-16(15)21/h4-10,20-21H,11H2,1-3H3. The summed E-state index contributed by atoms with van der Waals surface area (Å²) in [7, 11) is 0. The van der Waals surface area contributed by atoms with Crippen LogP contribution in [0.15, 0.2) is 42.5 Å². The van der Waals surface area contributed by atoms with Crippen molar-refractivity contribution in [3.8, 4) is 11.5 Å². The van der Waals surface area contributed by atoms with Crippen LogP contribution in [0.2, 0.25) is 0 Å². The van der Waals surface area contributed by atoms with Crippen molar-refractivity contribution in [3.05, 3.63) is 59.2 Å². The molecule has 0 atom stereocenters. The Kier molecular flexibility index (Phi) is 4.93. The van der Waals surface area contributed by atoms with Gasteiger partial charge in [-0.3, -0.25) is 4.79 Å². The highest BCUT2D eigenvalue weighted by molar-refractivity contribution is 6.00. The summed E-state index contributed by atoms with van der Waals surface area (Å²) in [5.41, 5.74) is 1.43. The second-order valence-electron chi connectivity index (χ2n) is 6.53. The number of ketones is 1. The summed E-state index contributed by atoms with van der Waals surface area (Å²) in [6, 6.07) is 10.7. The number of hydrogen-bond acceptors (Lipinski definition) is 5. The Balaban J connectivity index is 2.01. The molecule has 0 aromatic heterocycles. The van der Waals surface area contributed by atoms with E-state index in [1.165, 1.54) is 12.1 Å². The van der Waals surface area contributed by atoms with Crippen molar-refractivity contribution in [1.29, 1.82) is 0 Å². The van der Waals surface area contributed by atoms with Crippen LogP contribution >= 0.6 is 0 Å². The first-order chi connectivity index (χ1) is 11.2. The van der Waals surface area contributed by atoms with Crippen molar-refractivity contribution in [2.24, 2.45) is 0 Å². The average molecular weight is 328 g/mol. The Morgan fingerprint density at radius 1 is 1.00 bits per heavy atom. The van der Waals surface area contributed by atoms with Crippen molar-refractivity contribution >= 4 is 11.8 Å². The molecule has 0 fully saturated rings. The maximum atomic E-state index is 12.1. The summed E-state index contributed by atoms with van der Waals surface area (Å²) in [6.07, 6.45) is 0. The summed E-state index contributed by atoms with van der Waals surface area (Å²) in [5.74, 6) is -1.73. The molecule has 2 aromatic rings. The van der Waals surface area contributed by atoms with E-state index in [4.69, 9.17) is 4.74 Å². The number of phenols is 2. The summed E-state index contributed by atoms with van der Waals surface area (Å²) >= 11 is 0. The lowest BCUT2D eigenvalue weighted by Crippen LogP contribution is -2.15. The maximum Gasteiger partial charge on any atom is 0.342 e. The Morgan fingerprint density at radius 2 is 1.62 bits per heavy atom. The third-order valence-corrected chi connectivity index (χ3v) is 3.61. The molecule has 0 aliphatic carbocycles. The van der Waals surface area contributed by atoms with Crippen molar-refractivity contribution in [1.82, 2.24) is 0 Å². The Bertz CT molecular complexity index is 754. The monoisotopic (exact) mass is 328 g/mol. The molecule has 0 unspecified atom stereocenters. The molecule has 5 nitrogen and oxygen atoms in total. The van der Waals surface area contributed by atoms with Gasteiger partial charge < -0.3 is 14.9 Å². The highest BCUT2D eigenvalue weighted by Gasteiger charge is 2.17. The van der Waals surface area contributed by atoms with Gasteiger partial charge in [-0.1, -0.05) is 45.0 Å². The van der Waals surface area contributed by atoms with Gasteiger partial charge in [-0.15, -0.1) is 0 Å². The summed E-state index contributed by atoms with van der Waals surface area (Å²) in [5, 5.41) is 18.8. The number of ether oxygens (including phenoxy) is 1. The van der Waals surface area contributed by atoms with Gasteiger partial charge in [0.2, 0.25) is 0 Å². The lowest BCUT2D eigenvalue weighted by molar-refractivity contribution is 0.0472. The van der Waals surface area contributed by atoms with Crippen molar-refractivity contribution < 1.29 is 24.5 Å². The van der Waals surface area contributed by atoms with Crippen LogP contribution in [-0.4, -0.2) is 28.6 Å². The molecule has 126 valence electrons. The maximum absolute atomic E-state index is 12.1. The molecular formula is C19H20O5. The molecule has 0 aliphatic heterocycles. The molecule has 0 amide bonds. The number of rotatable bonds is 4. The molecule has 5 heteroatoms. The molecule has 2 aromatic carbocycles. The highest BCUT2D eigenvalue weighted by Crippen LogP contribution is 2.24. The molecule has 24 heavy (non-hydrogen) atoms. The molecule has 0 bridgehead atoms. The third kappa shape index (κ3) is 4.13. The predicted octanol–water partition coefficient (Wildman–Crippen LogP) is 3.44. The van der Waals surface area contributed by atoms with E-state index in [0.29, 0.717) is 5.56 Å². The van der Waals surface area contributed by atoms with Crippen LogP contribution in [0.3, 0.4) is 0 Å². The molecule has 0 spiro atoms. The van der Waals surface area contributed by atoms with Gasteiger partial charge in [-0.25, -0.2) is 4.79 Å². The topological polar surface area (TPSA) is 83.8 Å². The minimum Gasteiger partial charge on any atom is -0.508 e. The predicted molar refractivity (Wildman–Crippen MR) is 89.5 cm³/mol. The lowest BCUT2D eigenvalue weighted by atomic mass is 9.86. The summed E-state index contributed by atoms with van der Waals surface area (Å²) < 4.78 is 4.93. The first kappa shape index (κ1) is 17.5. The van der Waals surface area contributed by atoms with E-state index >= 15 is 0 Å². The van der Waals surface area contributed by atoms with Crippen LogP contribution in [0.25, 0.3) is 0 Å². The molecule has 0 heterocycles. The molecule has 0 radical (unpaired) electrons. The number of aromatic hydroxyl groups is 2. The van der Waals surface area contributed by atoms with Crippen molar-refractivity contribution in [2.45, 2.75) is 26.2 Å². The lowest BCUT2D eigenvalue weighted by Gasteiger charge is -2.18. The van der Waals surface area contributed by atoms with Gasteiger partial charge in [0.1, 0.15) is 17.1 Å². The zero-order valence-corrected chi connectivity index (χ0v) is 13.9. The van der Waals surface area contributed by atoms with Gasteiger partial charge in [-0.2, -0.15) is 0 Å². The van der Waals surface area contributed by atoms with Crippen LogP contribution in [0, 0.1) is 0 Å².